The summed E-state index contributed by atoms with van der Waals surface area (Å²) in [6, 6.07) is 16.1. The first kappa shape index (κ1) is 22.3. The standard InChI is InChI=1S/C27H31N5O2/c1-20-15-28-30(16-20)17-21(2)29(18-26(33)31-13-11-22-7-3-5-9-24(22)31)19-27(34)32-14-12-23-8-4-6-10-25(23)32/h3-10,15-16,21H,11-14,17-19H2,1-2H3. The van der Waals surface area contributed by atoms with Gasteiger partial charge in [0.2, 0.25) is 11.8 Å². The second-order valence-electron chi connectivity index (χ2n) is 9.34. The quantitative estimate of drug-likeness (QED) is 0.547. The van der Waals surface area contributed by atoms with Crippen LogP contribution < -0.4 is 9.80 Å². The lowest BCUT2D eigenvalue weighted by molar-refractivity contribution is -0.123. The van der Waals surface area contributed by atoms with Crippen LogP contribution in [0.15, 0.2) is 60.9 Å². The Labute approximate surface area is 200 Å². The zero-order chi connectivity index (χ0) is 23.7. The molecular formula is C27H31N5O2. The number of hydrogen-bond donors (Lipinski definition) is 0. The third-order valence-corrected chi connectivity index (χ3v) is 6.89. The van der Waals surface area contributed by atoms with Crippen LogP contribution in [0.4, 0.5) is 11.4 Å². The summed E-state index contributed by atoms with van der Waals surface area (Å²) in [5, 5.41) is 4.41. The molecule has 2 aromatic carbocycles. The van der Waals surface area contributed by atoms with Gasteiger partial charge in [0.1, 0.15) is 0 Å². The molecule has 2 aliphatic heterocycles. The molecule has 2 aliphatic rings. The Morgan fingerprint density at radius 1 is 0.912 bits per heavy atom. The van der Waals surface area contributed by atoms with E-state index in [-0.39, 0.29) is 30.9 Å². The van der Waals surface area contributed by atoms with Gasteiger partial charge in [-0.05, 0) is 55.5 Å². The fraction of sp³-hybridized carbons (Fsp3) is 0.370. The average Bonchev–Trinajstić information content (AvgIpc) is 3.56. The third-order valence-electron chi connectivity index (χ3n) is 6.89. The number of benzene rings is 2. The van der Waals surface area contributed by atoms with Gasteiger partial charge in [-0.3, -0.25) is 19.2 Å². The highest BCUT2D eigenvalue weighted by atomic mass is 16.2. The van der Waals surface area contributed by atoms with Crippen molar-refractivity contribution < 1.29 is 9.59 Å². The molecule has 34 heavy (non-hydrogen) atoms. The lowest BCUT2D eigenvalue weighted by Crippen LogP contribution is -2.49. The van der Waals surface area contributed by atoms with E-state index in [9.17, 15) is 9.59 Å². The van der Waals surface area contributed by atoms with Crippen molar-refractivity contribution in [3.05, 3.63) is 77.6 Å². The minimum Gasteiger partial charge on any atom is -0.311 e. The number of carbonyl (C=O) groups excluding carboxylic acids is 2. The number of nitrogens with zero attached hydrogens (tertiary/aromatic N) is 5. The first-order valence-electron chi connectivity index (χ1n) is 12.0. The number of anilines is 2. The molecule has 0 N–H and O–H groups in total. The van der Waals surface area contributed by atoms with E-state index in [1.54, 1.807) is 0 Å². The molecule has 7 nitrogen and oxygen atoms in total. The van der Waals surface area contributed by atoms with E-state index in [2.05, 4.69) is 24.2 Å². The van der Waals surface area contributed by atoms with E-state index >= 15 is 0 Å². The molecule has 0 saturated carbocycles. The van der Waals surface area contributed by atoms with Gasteiger partial charge in [0.15, 0.2) is 0 Å². The maximum atomic E-state index is 13.4. The Kier molecular flexibility index (Phi) is 6.20. The van der Waals surface area contributed by atoms with Crippen molar-refractivity contribution in [2.45, 2.75) is 39.3 Å². The van der Waals surface area contributed by atoms with Gasteiger partial charge in [0.25, 0.3) is 0 Å². The molecule has 0 radical (unpaired) electrons. The van der Waals surface area contributed by atoms with Gasteiger partial charge in [0.05, 0.1) is 25.8 Å². The van der Waals surface area contributed by atoms with Gasteiger partial charge in [-0.1, -0.05) is 36.4 Å². The molecule has 3 heterocycles. The summed E-state index contributed by atoms with van der Waals surface area (Å²) in [4.78, 5) is 32.6. The Bertz CT molecular complexity index is 1130. The van der Waals surface area contributed by atoms with E-state index in [1.807, 2.05) is 75.1 Å². The predicted octanol–water partition coefficient (Wildman–Crippen LogP) is 3.06. The zero-order valence-electron chi connectivity index (χ0n) is 19.9. The van der Waals surface area contributed by atoms with E-state index in [1.165, 1.54) is 11.1 Å². The number of aryl methyl sites for hydroxylation is 1. The fourth-order valence-corrected chi connectivity index (χ4v) is 5.03. The molecule has 3 aromatic rings. The van der Waals surface area contributed by atoms with Gasteiger partial charge in [0, 0.05) is 36.7 Å². The number of aromatic nitrogens is 2. The summed E-state index contributed by atoms with van der Waals surface area (Å²) in [6.45, 7) is 6.44. The van der Waals surface area contributed by atoms with Crippen LogP contribution in [0, 0.1) is 6.92 Å². The van der Waals surface area contributed by atoms with Crippen molar-refractivity contribution in [1.29, 1.82) is 0 Å². The Morgan fingerprint density at radius 2 is 1.44 bits per heavy atom. The lowest BCUT2D eigenvalue weighted by Gasteiger charge is -2.31. The molecule has 1 unspecified atom stereocenters. The number of fused-ring (bicyclic) bond motifs is 2. The molecule has 0 spiro atoms. The van der Waals surface area contributed by atoms with Crippen LogP contribution in [0.25, 0.3) is 0 Å². The maximum absolute atomic E-state index is 13.4. The second-order valence-corrected chi connectivity index (χ2v) is 9.34. The molecule has 2 amide bonds. The lowest BCUT2D eigenvalue weighted by atomic mass is 10.2. The van der Waals surface area contributed by atoms with E-state index in [4.69, 9.17) is 0 Å². The number of hydrogen-bond acceptors (Lipinski definition) is 4. The number of para-hydroxylation sites is 2. The molecule has 5 rings (SSSR count). The van der Waals surface area contributed by atoms with E-state index < -0.39 is 0 Å². The van der Waals surface area contributed by atoms with Crippen LogP contribution in [0.5, 0.6) is 0 Å². The van der Waals surface area contributed by atoms with Crippen molar-refractivity contribution in [1.82, 2.24) is 14.7 Å². The van der Waals surface area contributed by atoms with E-state index in [0.29, 0.717) is 19.6 Å². The van der Waals surface area contributed by atoms with Gasteiger partial charge in [-0.2, -0.15) is 5.10 Å². The molecule has 1 atom stereocenters. The van der Waals surface area contributed by atoms with Crippen molar-refractivity contribution in [2.75, 3.05) is 36.0 Å². The van der Waals surface area contributed by atoms with Gasteiger partial charge in [-0.25, -0.2) is 0 Å². The monoisotopic (exact) mass is 457 g/mol. The van der Waals surface area contributed by atoms with Crippen LogP contribution in [0.3, 0.4) is 0 Å². The average molecular weight is 458 g/mol. The summed E-state index contributed by atoms with van der Waals surface area (Å²) in [7, 11) is 0. The number of carbonyl (C=O) groups is 2. The smallest absolute Gasteiger partial charge is 0.241 e. The molecule has 0 aliphatic carbocycles. The Balaban J connectivity index is 1.34. The third kappa shape index (κ3) is 4.48. The molecule has 176 valence electrons. The summed E-state index contributed by atoms with van der Waals surface area (Å²) in [5.74, 6) is 0.0612. The predicted molar refractivity (Wildman–Crippen MR) is 133 cm³/mol. The topological polar surface area (TPSA) is 61.7 Å². The van der Waals surface area contributed by atoms with Crippen molar-refractivity contribution in [3.8, 4) is 0 Å². The van der Waals surface area contributed by atoms with Crippen molar-refractivity contribution in [2.24, 2.45) is 0 Å². The normalized spacial score (nSPS) is 15.5. The molecular weight excluding hydrogens is 426 g/mol. The fourth-order valence-electron chi connectivity index (χ4n) is 5.03. The zero-order valence-corrected chi connectivity index (χ0v) is 19.9. The summed E-state index contributed by atoms with van der Waals surface area (Å²) < 4.78 is 1.89. The SMILES string of the molecule is Cc1cnn(CC(C)N(CC(=O)N2CCc3ccccc32)CC(=O)N2CCc3ccccc32)c1. The van der Waals surface area contributed by atoms with Crippen LogP contribution in [-0.2, 0) is 29.0 Å². The molecule has 0 bridgehead atoms. The second kappa shape index (κ2) is 9.43. The van der Waals surface area contributed by atoms with Crippen LogP contribution in [0.1, 0.15) is 23.6 Å². The summed E-state index contributed by atoms with van der Waals surface area (Å²) >= 11 is 0. The minimum absolute atomic E-state index is 0.0306. The van der Waals surface area contributed by atoms with Crippen LogP contribution in [-0.4, -0.2) is 58.7 Å². The summed E-state index contributed by atoms with van der Waals surface area (Å²) in [6.07, 6.45) is 5.56. The molecule has 1 aromatic heterocycles. The Morgan fingerprint density at radius 3 is 1.94 bits per heavy atom. The summed E-state index contributed by atoms with van der Waals surface area (Å²) in [5.41, 5.74) is 5.47. The first-order valence-corrected chi connectivity index (χ1v) is 12.0. The number of amides is 2. The highest BCUT2D eigenvalue weighted by molar-refractivity contribution is 5.99. The van der Waals surface area contributed by atoms with Crippen molar-refractivity contribution >= 4 is 23.2 Å². The highest BCUT2D eigenvalue weighted by Gasteiger charge is 2.31. The Hall–Kier alpha value is -3.45. The van der Waals surface area contributed by atoms with Crippen LogP contribution >= 0.6 is 0 Å². The van der Waals surface area contributed by atoms with Gasteiger partial charge < -0.3 is 9.80 Å². The number of rotatable bonds is 7. The minimum atomic E-state index is -0.0390. The van der Waals surface area contributed by atoms with E-state index in [0.717, 1.165) is 29.8 Å². The molecule has 7 heteroatoms. The van der Waals surface area contributed by atoms with Gasteiger partial charge >= 0.3 is 0 Å². The highest BCUT2D eigenvalue weighted by Crippen LogP contribution is 2.29. The van der Waals surface area contributed by atoms with Crippen LogP contribution in [0.2, 0.25) is 0 Å². The van der Waals surface area contributed by atoms with Crippen molar-refractivity contribution in [3.63, 3.8) is 0 Å². The molecule has 0 saturated heterocycles. The maximum Gasteiger partial charge on any atom is 0.241 e. The largest absolute Gasteiger partial charge is 0.311 e. The van der Waals surface area contributed by atoms with Gasteiger partial charge in [-0.15, -0.1) is 0 Å². The molecule has 0 fully saturated rings. The first-order chi connectivity index (χ1) is 16.5.